The predicted molar refractivity (Wildman–Crippen MR) is 77.5 cm³/mol. The molecule has 2 nitrogen and oxygen atoms in total. The van der Waals surface area contributed by atoms with Gasteiger partial charge in [-0.05, 0) is 42.4 Å². The Morgan fingerprint density at radius 1 is 1.00 bits per heavy atom. The zero-order valence-electron chi connectivity index (χ0n) is 10.4. The number of hydrogen-bond acceptors (Lipinski definition) is 2. The molecule has 0 amide bonds. The summed E-state index contributed by atoms with van der Waals surface area (Å²) in [4.78, 5) is 2.25. The number of anilines is 1. The maximum Gasteiger partial charge on any atom is 0.0406 e. The highest BCUT2D eigenvalue weighted by Crippen LogP contribution is 2.13. The minimum atomic E-state index is 0.775. The summed E-state index contributed by atoms with van der Waals surface area (Å²) >= 11 is 5.87. The van der Waals surface area contributed by atoms with Crippen molar-refractivity contribution in [3.8, 4) is 0 Å². The van der Waals surface area contributed by atoms with Crippen molar-refractivity contribution < 1.29 is 0 Å². The maximum absolute atomic E-state index is 5.87. The van der Waals surface area contributed by atoms with Gasteiger partial charge in [0.25, 0.3) is 0 Å². The lowest BCUT2D eigenvalue weighted by atomic mass is 10.1. The van der Waals surface area contributed by atoms with Crippen LogP contribution in [0.15, 0.2) is 48.5 Å². The van der Waals surface area contributed by atoms with Gasteiger partial charge < -0.3 is 5.73 Å². The van der Waals surface area contributed by atoms with Gasteiger partial charge in [0.15, 0.2) is 0 Å². The third kappa shape index (κ3) is 3.76. The van der Waals surface area contributed by atoms with Crippen LogP contribution in [0.3, 0.4) is 0 Å². The fraction of sp³-hybridized carbons (Fsp3) is 0.200. The van der Waals surface area contributed by atoms with E-state index in [0.717, 1.165) is 23.8 Å². The van der Waals surface area contributed by atoms with Crippen molar-refractivity contribution >= 4 is 17.3 Å². The molecule has 3 heteroatoms. The zero-order chi connectivity index (χ0) is 13.0. The number of hydrogen-bond donors (Lipinski definition) is 1. The van der Waals surface area contributed by atoms with Crippen LogP contribution < -0.4 is 5.73 Å². The zero-order valence-corrected chi connectivity index (χ0v) is 11.2. The lowest BCUT2D eigenvalue weighted by Gasteiger charge is -2.17. The molecular formula is C15H17ClN2. The Hall–Kier alpha value is -1.51. The van der Waals surface area contributed by atoms with E-state index in [-0.39, 0.29) is 0 Å². The summed E-state index contributed by atoms with van der Waals surface area (Å²) in [5, 5.41) is 0.775. The van der Waals surface area contributed by atoms with Crippen molar-refractivity contribution in [1.82, 2.24) is 4.90 Å². The minimum absolute atomic E-state index is 0.775. The summed E-state index contributed by atoms with van der Waals surface area (Å²) < 4.78 is 0. The number of nitrogens with zero attached hydrogens (tertiary/aromatic N) is 1. The van der Waals surface area contributed by atoms with Crippen LogP contribution in [-0.4, -0.2) is 11.9 Å². The summed E-state index contributed by atoms with van der Waals surface area (Å²) in [6, 6.07) is 15.9. The molecule has 0 aliphatic rings. The van der Waals surface area contributed by atoms with Crippen LogP contribution in [0.25, 0.3) is 0 Å². The maximum atomic E-state index is 5.87. The Bertz CT molecular complexity index is 508. The molecule has 2 N–H and O–H groups in total. The van der Waals surface area contributed by atoms with Gasteiger partial charge in [0.1, 0.15) is 0 Å². The van der Waals surface area contributed by atoms with Crippen LogP contribution in [0, 0.1) is 0 Å². The Morgan fingerprint density at radius 3 is 2.33 bits per heavy atom. The summed E-state index contributed by atoms with van der Waals surface area (Å²) in [5.41, 5.74) is 9.07. The second-order valence-corrected chi connectivity index (χ2v) is 4.98. The van der Waals surface area contributed by atoms with Crippen molar-refractivity contribution in [3.05, 3.63) is 64.7 Å². The van der Waals surface area contributed by atoms with Crippen LogP contribution >= 0.6 is 11.6 Å². The number of halogens is 1. The Kier molecular flexibility index (Phi) is 4.24. The molecule has 2 aromatic carbocycles. The molecule has 2 aromatic rings. The highest BCUT2D eigenvalue weighted by Gasteiger charge is 2.02. The van der Waals surface area contributed by atoms with Gasteiger partial charge in [0, 0.05) is 23.8 Å². The van der Waals surface area contributed by atoms with E-state index in [0.29, 0.717) is 0 Å². The van der Waals surface area contributed by atoms with Crippen LogP contribution in [0.1, 0.15) is 11.1 Å². The number of benzene rings is 2. The molecular weight excluding hydrogens is 244 g/mol. The first-order valence-corrected chi connectivity index (χ1v) is 6.29. The van der Waals surface area contributed by atoms with Gasteiger partial charge in [0.05, 0.1) is 0 Å². The van der Waals surface area contributed by atoms with Crippen molar-refractivity contribution in [2.45, 2.75) is 13.1 Å². The first-order chi connectivity index (χ1) is 8.63. The number of rotatable bonds is 4. The Labute approximate surface area is 113 Å². The van der Waals surface area contributed by atoms with E-state index in [9.17, 15) is 0 Å². The highest BCUT2D eigenvalue weighted by molar-refractivity contribution is 6.30. The molecule has 0 aliphatic carbocycles. The summed E-state index contributed by atoms with van der Waals surface area (Å²) in [7, 11) is 2.10. The van der Waals surface area contributed by atoms with Gasteiger partial charge in [-0.1, -0.05) is 35.9 Å². The van der Waals surface area contributed by atoms with Gasteiger partial charge in [-0.25, -0.2) is 0 Å². The molecule has 0 saturated carbocycles. The molecule has 18 heavy (non-hydrogen) atoms. The average molecular weight is 261 g/mol. The van der Waals surface area contributed by atoms with Gasteiger partial charge in [-0.15, -0.1) is 0 Å². The van der Waals surface area contributed by atoms with Crippen LogP contribution in [0.2, 0.25) is 5.02 Å². The molecule has 2 rings (SSSR count). The smallest absolute Gasteiger partial charge is 0.0406 e. The van der Waals surface area contributed by atoms with E-state index >= 15 is 0 Å². The van der Waals surface area contributed by atoms with E-state index in [1.807, 2.05) is 30.3 Å². The van der Waals surface area contributed by atoms with Crippen molar-refractivity contribution in [1.29, 1.82) is 0 Å². The molecule has 0 radical (unpaired) electrons. The third-order valence-corrected chi connectivity index (χ3v) is 3.02. The standard InChI is InChI=1S/C15H17ClN2/c1-18(10-12-5-7-14(16)8-6-12)11-13-3-2-4-15(17)9-13/h2-9H,10-11,17H2,1H3. The van der Waals surface area contributed by atoms with E-state index in [4.69, 9.17) is 17.3 Å². The lowest BCUT2D eigenvalue weighted by Crippen LogP contribution is -2.17. The van der Waals surface area contributed by atoms with Gasteiger partial charge in [0.2, 0.25) is 0 Å². The van der Waals surface area contributed by atoms with E-state index in [1.165, 1.54) is 11.1 Å². The minimum Gasteiger partial charge on any atom is -0.399 e. The molecule has 94 valence electrons. The average Bonchev–Trinajstić information content (AvgIpc) is 2.32. The van der Waals surface area contributed by atoms with E-state index in [1.54, 1.807) is 0 Å². The summed E-state index contributed by atoms with van der Waals surface area (Å²) in [5.74, 6) is 0. The second-order valence-electron chi connectivity index (χ2n) is 4.54. The monoisotopic (exact) mass is 260 g/mol. The summed E-state index contributed by atoms with van der Waals surface area (Å²) in [6.45, 7) is 1.78. The first kappa shape index (κ1) is 12.9. The molecule has 0 spiro atoms. The molecule has 0 aliphatic heterocycles. The largest absolute Gasteiger partial charge is 0.399 e. The molecule has 0 aromatic heterocycles. The predicted octanol–water partition coefficient (Wildman–Crippen LogP) is 3.55. The normalized spacial score (nSPS) is 10.8. The van der Waals surface area contributed by atoms with Gasteiger partial charge in [-0.2, -0.15) is 0 Å². The topological polar surface area (TPSA) is 29.3 Å². The van der Waals surface area contributed by atoms with Crippen LogP contribution in [0.5, 0.6) is 0 Å². The second kappa shape index (κ2) is 5.89. The fourth-order valence-electron chi connectivity index (χ4n) is 1.96. The SMILES string of the molecule is CN(Cc1ccc(Cl)cc1)Cc1cccc(N)c1. The lowest BCUT2D eigenvalue weighted by molar-refractivity contribution is 0.319. The van der Waals surface area contributed by atoms with Crippen LogP contribution in [-0.2, 0) is 13.1 Å². The van der Waals surface area contributed by atoms with Crippen molar-refractivity contribution in [3.63, 3.8) is 0 Å². The molecule has 0 unspecified atom stereocenters. The number of nitrogens with two attached hydrogens (primary N) is 1. The Morgan fingerprint density at radius 2 is 1.67 bits per heavy atom. The fourth-order valence-corrected chi connectivity index (χ4v) is 2.09. The molecule has 0 bridgehead atoms. The van der Waals surface area contributed by atoms with Crippen LogP contribution in [0.4, 0.5) is 5.69 Å². The first-order valence-electron chi connectivity index (χ1n) is 5.91. The van der Waals surface area contributed by atoms with E-state index < -0.39 is 0 Å². The number of nitrogen functional groups attached to an aromatic ring is 1. The quantitative estimate of drug-likeness (QED) is 0.852. The highest BCUT2D eigenvalue weighted by atomic mass is 35.5. The molecule has 0 atom stereocenters. The van der Waals surface area contributed by atoms with Gasteiger partial charge >= 0.3 is 0 Å². The third-order valence-electron chi connectivity index (χ3n) is 2.77. The van der Waals surface area contributed by atoms with Crippen molar-refractivity contribution in [2.75, 3.05) is 12.8 Å². The molecule has 0 fully saturated rings. The summed E-state index contributed by atoms with van der Waals surface area (Å²) in [6.07, 6.45) is 0. The molecule has 0 heterocycles. The van der Waals surface area contributed by atoms with Gasteiger partial charge in [-0.3, -0.25) is 4.90 Å². The van der Waals surface area contributed by atoms with Crippen molar-refractivity contribution in [2.24, 2.45) is 0 Å². The molecule has 0 saturated heterocycles. The Balaban J connectivity index is 1.96. The van der Waals surface area contributed by atoms with E-state index in [2.05, 4.69) is 30.1 Å².